The van der Waals surface area contributed by atoms with Crippen LogP contribution in [0.3, 0.4) is 0 Å². The van der Waals surface area contributed by atoms with Crippen LogP contribution in [-0.2, 0) is 10.9 Å². The molecule has 0 atom stereocenters. The molecule has 0 aliphatic heterocycles. The molecule has 0 saturated carbocycles. The van der Waals surface area contributed by atoms with E-state index >= 15 is 0 Å². The van der Waals surface area contributed by atoms with Gasteiger partial charge in [0, 0.05) is 5.56 Å². The third-order valence-corrected chi connectivity index (χ3v) is 6.08. The van der Waals surface area contributed by atoms with Crippen molar-refractivity contribution in [3.05, 3.63) is 78.4 Å². The Hall–Kier alpha value is -2.72. The fourth-order valence-corrected chi connectivity index (χ4v) is 4.94. The summed E-state index contributed by atoms with van der Waals surface area (Å²) < 4.78 is 11.2. The molecule has 3 aromatic rings. The number of hydrogen-bond donors (Lipinski definition) is 0. The van der Waals surface area contributed by atoms with Crippen LogP contribution in [0.5, 0.6) is 11.5 Å². The first-order valence-corrected chi connectivity index (χ1v) is 9.06. The first kappa shape index (κ1) is 17.1. The quantitative estimate of drug-likeness (QED) is 0.480. The molecule has 0 radical (unpaired) electrons. The molecule has 0 saturated heterocycles. The van der Waals surface area contributed by atoms with E-state index in [-0.39, 0.29) is 0 Å². The fourth-order valence-electron chi connectivity index (χ4n) is 2.65. The van der Waals surface area contributed by atoms with Gasteiger partial charge in [0.15, 0.2) is 21.3 Å². The van der Waals surface area contributed by atoms with E-state index in [2.05, 4.69) is 24.3 Å². The van der Waals surface area contributed by atoms with Gasteiger partial charge < -0.3 is 9.47 Å². The van der Waals surface area contributed by atoms with E-state index in [4.69, 9.17) is 9.47 Å². The van der Waals surface area contributed by atoms with Gasteiger partial charge in [0.05, 0.1) is 14.2 Å². The van der Waals surface area contributed by atoms with Crippen LogP contribution in [0, 0.1) is 0 Å². The molecule has 0 bridgehead atoms. The lowest BCUT2D eigenvalue weighted by atomic mass is 10.2. The smallest absolute Gasteiger partial charge is 0.249 e. The minimum Gasteiger partial charge on any atom is -0.491 e. The van der Waals surface area contributed by atoms with Crippen molar-refractivity contribution in [3.63, 3.8) is 0 Å². The first-order chi connectivity index (χ1) is 12.3. The SMILES string of the molecule is COc1cc(C=O)cc(OC)c1[S+](c1ccccc1)c1ccccc1. The lowest BCUT2D eigenvalue weighted by Gasteiger charge is -2.15. The number of carbonyl (C=O) groups is 1. The molecular weight excluding hydrogens is 332 g/mol. The third-order valence-electron chi connectivity index (χ3n) is 3.78. The summed E-state index contributed by atoms with van der Waals surface area (Å²) in [6, 6.07) is 24.0. The van der Waals surface area contributed by atoms with Gasteiger partial charge in [-0.1, -0.05) is 36.4 Å². The van der Waals surface area contributed by atoms with Crippen LogP contribution >= 0.6 is 0 Å². The summed E-state index contributed by atoms with van der Waals surface area (Å²) in [5.41, 5.74) is 0.530. The number of rotatable bonds is 6. The molecule has 0 fully saturated rings. The zero-order valence-electron chi connectivity index (χ0n) is 14.1. The summed E-state index contributed by atoms with van der Waals surface area (Å²) in [6.07, 6.45) is 0.804. The van der Waals surface area contributed by atoms with E-state index in [1.165, 1.54) is 0 Å². The van der Waals surface area contributed by atoms with Gasteiger partial charge in [-0.25, -0.2) is 0 Å². The van der Waals surface area contributed by atoms with Crippen LogP contribution in [0.4, 0.5) is 0 Å². The Labute approximate surface area is 150 Å². The summed E-state index contributed by atoms with van der Waals surface area (Å²) >= 11 is 0. The van der Waals surface area contributed by atoms with Gasteiger partial charge in [0.1, 0.15) is 17.2 Å². The van der Waals surface area contributed by atoms with Crippen molar-refractivity contribution in [2.75, 3.05) is 14.2 Å². The molecule has 0 aliphatic rings. The number of methoxy groups -OCH3 is 2. The van der Waals surface area contributed by atoms with Crippen LogP contribution in [0.2, 0.25) is 0 Å². The Kier molecular flexibility index (Phi) is 5.41. The van der Waals surface area contributed by atoms with E-state index in [0.29, 0.717) is 17.1 Å². The molecule has 0 unspecified atom stereocenters. The lowest BCUT2D eigenvalue weighted by Crippen LogP contribution is -2.09. The van der Waals surface area contributed by atoms with Gasteiger partial charge in [-0.05, 0) is 36.4 Å². The maximum Gasteiger partial charge on any atom is 0.249 e. The molecule has 0 heterocycles. The van der Waals surface area contributed by atoms with Crippen molar-refractivity contribution in [2.45, 2.75) is 14.7 Å². The predicted molar refractivity (Wildman–Crippen MR) is 100.0 cm³/mol. The van der Waals surface area contributed by atoms with E-state index in [0.717, 1.165) is 21.0 Å². The van der Waals surface area contributed by atoms with Crippen molar-refractivity contribution in [1.82, 2.24) is 0 Å². The van der Waals surface area contributed by atoms with E-state index in [1.54, 1.807) is 26.4 Å². The lowest BCUT2D eigenvalue weighted by molar-refractivity contribution is 0.112. The molecule has 25 heavy (non-hydrogen) atoms. The molecule has 0 N–H and O–H groups in total. The number of carbonyl (C=O) groups excluding carboxylic acids is 1. The van der Waals surface area contributed by atoms with Crippen LogP contribution in [0.15, 0.2) is 87.5 Å². The highest BCUT2D eigenvalue weighted by Gasteiger charge is 2.36. The number of aldehydes is 1. The Bertz CT molecular complexity index is 783. The number of ether oxygens (including phenoxy) is 2. The summed E-state index contributed by atoms with van der Waals surface area (Å²) in [5.74, 6) is 1.30. The minimum atomic E-state index is -0.414. The zero-order valence-corrected chi connectivity index (χ0v) is 15.0. The number of benzene rings is 3. The van der Waals surface area contributed by atoms with E-state index < -0.39 is 10.9 Å². The van der Waals surface area contributed by atoms with Crippen molar-refractivity contribution < 1.29 is 14.3 Å². The van der Waals surface area contributed by atoms with Crippen molar-refractivity contribution in [2.24, 2.45) is 0 Å². The largest absolute Gasteiger partial charge is 0.491 e. The van der Waals surface area contributed by atoms with Gasteiger partial charge in [-0.15, -0.1) is 0 Å². The highest BCUT2D eigenvalue weighted by Crippen LogP contribution is 2.42. The Morgan fingerprint density at radius 2 is 1.20 bits per heavy atom. The maximum absolute atomic E-state index is 11.3. The van der Waals surface area contributed by atoms with E-state index in [1.807, 2.05) is 36.4 Å². The summed E-state index contributed by atoms with van der Waals surface area (Å²) in [6.45, 7) is 0. The topological polar surface area (TPSA) is 35.5 Å². The van der Waals surface area contributed by atoms with Gasteiger partial charge >= 0.3 is 0 Å². The Balaban J connectivity index is 2.29. The van der Waals surface area contributed by atoms with Gasteiger partial charge in [0.2, 0.25) is 4.90 Å². The van der Waals surface area contributed by atoms with Gasteiger partial charge in [-0.2, -0.15) is 0 Å². The maximum atomic E-state index is 11.3. The molecule has 0 spiro atoms. The van der Waals surface area contributed by atoms with Crippen LogP contribution < -0.4 is 9.47 Å². The molecular formula is C21H19O3S+. The monoisotopic (exact) mass is 351 g/mol. The van der Waals surface area contributed by atoms with Crippen LogP contribution in [0.25, 0.3) is 0 Å². The molecule has 3 nitrogen and oxygen atoms in total. The van der Waals surface area contributed by atoms with Crippen molar-refractivity contribution >= 4 is 17.2 Å². The molecule has 4 heteroatoms. The fraction of sp³-hybridized carbons (Fsp3) is 0.0952. The Morgan fingerprint density at radius 1 is 0.760 bits per heavy atom. The highest BCUT2D eigenvalue weighted by atomic mass is 32.2. The van der Waals surface area contributed by atoms with Crippen LogP contribution in [-0.4, -0.2) is 20.5 Å². The van der Waals surface area contributed by atoms with Gasteiger partial charge in [0.25, 0.3) is 0 Å². The zero-order chi connectivity index (χ0) is 17.6. The number of hydrogen-bond acceptors (Lipinski definition) is 3. The van der Waals surface area contributed by atoms with Gasteiger partial charge in [-0.3, -0.25) is 4.79 Å². The van der Waals surface area contributed by atoms with E-state index in [9.17, 15) is 4.79 Å². The summed E-state index contributed by atoms with van der Waals surface area (Å²) in [4.78, 5) is 14.5. The molecule has 0 aromatic heterocycles. The summed E-state index contributed by atoms with van der Waals surface area (Å²) in [5, 5.41) is 0. The third kappa shape index (κ3) is 3.54. The molecule has 126 valence electrons. The average Bonchev–Trinajstić information content (AvgIpc) is 2.69. The Morgan fingerprint density at radius 3 is 1.56 bits per heavy atom. The first-order valence-electron chi connectivity index (χ1n) is 7.84. The second-order valence-electron chi connectivity index (χ2n) is 5.30. The molecule has 3 aromatic carbocycles. The normalized spacial score (nSPS) is 10.5. The molecule has 3 rings (SSSR count). The standard InChI is InChI=1S/C21H19O3S/c1-23-19-13-16(15-22)14-20(24-2)21(19)25(17-9-5-3-6-10-17)18-11-7-4-8-12-18/h3-15H,1-2H3/q+1. The minimum absolute atomic E-state index is 0.414. The summed E-state index contributed by atoms with van der Waals surface area (Å²) in [7, 11) is 2.82. The van der Waals surface area contributed by atoms with Crippen molar-refractivity contribution in [3.8, 4) is 11.5 Å². The predicted octanol–water partition coefficient (Wildman–Crippen LogP) is 4.61. The highest BCUT2D eigenvalue weighted by molar-refractivity contribution is 7.97. The molecule has 0 amide bonds. The molecule has 0 aliphatic carbocycles. The van der Waals surface area contributed by atoms with Crippen LogP contribution in [0.1, 0.15) is 10.4 Å². The van der Waals surface area contributed by atoms with Crippen molar-refractivity contribution in [1.29, 1.82) is 0 Å². The average molecular weight is 351 g/mol. The second-order valence-corrected chi connectivity index (χ2v) is 7.27. The second kappa shape index (κ2) is 7.90.